The van der Waals surface area contributed by atoms with Gasteiger partial charge in [-0.3, -0.25) is 9.59 Å². The van der Waals surface area contributed by atoms with Crippen LogP contribution in [0.2, 0.25) is 0 Å². The van der Waals surface area contributed by atoms with Gasteiger partial charge in [0.2, 0.25) is 5.91 Å². The van der Waals surface area contributed by atoms with Crippen LogP contribution in [0.5, 0.6) is 0 Å². The van der Waals surface area contributed by atoms with E-state index in [9.17, 15) is 19.5 Å². The Bertz CT molecular complexity index is 1140. The quantitative estimate of drug-likeness (QED) is 0.359. The summed E-state index contributed by atoms with van der Waals surface area (Å²) in [4.78, 5) is 35.6. The third-order valence-electron chi connectivity index (χ3n) is 4.80. The van der Waals surface area contributed by atoms with Crippen molar-refractivity contribution in [2.75, 3.05) is 17.2 Å². The molecule has 0 aromatic heterocycles. The van der Waals surface area contributed by atoms with Gasteiger partial charge in [-0.25, -0.2) is 4.79 Å². The summed E-state index contributed by atoms with van der Waals surface area (Å²) >= 11 is 0. The van der Waals surface area contributed by atoms with E-state index in [1.807, 2.05) is 43.3 Å². The van der Waals surface area contributed by atoms with E-state index in [1.54, 1.807) is 25.1 Å². The van der Waals surface area contributed by atoms with Crippen molar-refractivity contribution in [1.29, 1.82) is 0 Å². The van der Waals surface area contributed by atoms with Crippen LogP contribution in [0.15, 0.2) is 54.6 Å². The van der Waals surface area contributed by atoms with Gasteiger partial charge in [0.05, 0.1) is 23.5 Å². The molecule has 160 valence electrons. The Hall–Kier alpha value is -3.87. The molecule has 0 atom stereocenters. The highest BCUT2D eigenvalue weighted by Gasteiger charge is 2.16. The van der Waals surface area contributed by atoms with Gasteiger partial charge in [-0.15, -0.1) is 0 Å². The standard InChI is InChI=1S/C24H24N2O5/c1-3-15-13-17(10-11-19(15)24(29)30)25-20-12-9-16-7-5-6-8-18(16)23(20)26-21(27)14-22(28)31-4-2/h5-13,25H,3-4,14H2,1-2H3,(H,26,27)(H,29,30). The second-order valence-corrected chi connectivity index (χ2v) is 6.89. The number of fused-ring (bicyclic) bond motifs is 1. The number of carbonyl (C=O) groups excluding carboxylic acids is 2. The molecule has 1 amide bonds. The monoisotopic (exact) mass is 420 g/mol. The first-order valence-electron chi connectivity index (χ1n) is 10.0. The van der Waals surface area contributed by atoms with Gasteiger partial charge >= 0.3 is 11.9 Å². The van der Waals surface area contributed by atoms with Crippen LogP contribution in [-0.2, 0) is 20.7 Å². The highest BCUT2D eigenvalue weighted by molar-refractivity contribution is 6.10. The number of nitrogens with one attached hydrogen (secondary N) is 2. The largest absolute Gasteiger partial charge is 0.478 e. The Kier molecular flexibility index (Phi) is 6.87. The lowest BCUT2D eigenvalue weighted by molar-refractivity contribution is -0.145. The zero-order chi connectivity index (χ0) is 22.4. The first-order valence-corrected chi connectivity index (χ1v) is 10.0. The summed E-state index contributed by atoms with van der Waals surface area (Å²) in [5, 5.41) is 17.2. The normalized spacial score (nSPS) is 10.5. The summed E-state index contributed by atoms with van der Waals surface area (Å²) < 4.78 is 4.86. The third-order valence-corrected chi connectivity index (χ3v) is 4.80. The Labute approximate surface area is 180 Å². The molecule has 7 nitrogen and oxygen atoms in total. The maximum absolute atomic E-state index is 12.5. The second kappa shape index (κ2) is 9.75. The molecule has 0 saturated carbocycles. The summed E-state index contributed by atoms with van der Waals surface area (Å²) in [5.74, 6) is -2.04. The lowest BCUT2D eigenvalue weighted by Crippen LogP contribution is -2.19. The zero-order valence-corrected chi connectivity index (χ0v) is 17.4. The van der Waals surface area contributed by atoms with Crippen molar-refractivity contribution < 1.29 is 24.2 Å². The molecule has 7 heteroatoms. The number of ether oxygens (including phenoxy) is 1. The van der Waals surface area contributed by atoms with Crippen molar-refractivity contribution in [3.8, 4) is 0 Å². The molecule has 0 heterocycles. The Morgan fingerprint density at radius 3 is 2.48 bits per heavy atom. The van der Waals surface area contributed by atoms with E-state index in [-0.39, 0.29) is 18.6 Å². The molecule has 31 heavy (non-hydrogen) atoms. The van der Waals surface area contributed by atoms with Crippen molar-refractivity contribution in [3.63, 3.8) is 0 Å². The first kappa shape index (κ1) is 21.8. The van der Waals surface area contributed by atoms with Crippen LogP contribution in [0, 0.1) is 0 Å². The van der Waals surface area contributed by atoms with Gasteiger partial charge in [0, 0.05) is 11.1 Å². The summed E-state index contributed by atoms with van der Waals surface area (Å²) in [5.41, 5.74) is 2.81. The molecule has 0 saturated heterocycles. The highest BCUT2D eigenvalue weighted by Crippen LogP contribution is 2.34. The van der Waals surface area contributed by atoms with Crippen molar-refractivity contribution >= 4 is 45.7 Å². The van der Waals surface area contributed by atoms with E-state index in [0.717, 1.165) is 10.8 Å². The van der Waals surface area contributed by atoms with Gasteiger partial charge < -0.3 is 20.5 Å². The van der Waals surface area contributed by atoms with E-state index in [1.165, 1.54) is 0 Å². The summed E-state index contributed by atoms with van der Waals surface area (Å²) in [7, 11) is 0. The van der Waals surface area contributed by atoms with Crippen LogP contribution in [0.25, 0.3) is 10.8 Å². The molecular weight excluding hydrogens is 396 g/mol. The molecule has 0 aliphatic rings. The predicted molar refractivity (Wildman–Crippen MR) is 120 cm³/mol. The van der Waals surface area contributed by atoms with Crippen LogP contribution in [0.3, 0.4) is 0 Å². The van der Waals surface area contributed by atoms with Crippen LogP contribution in [0.4, 0.5) is 17.1 Å². The fourth-order valence-corrected chi connectivity index (χ4v) is 3.37. The third kappa shape index (κ3) is 5.19. The van der Waals surface area contributed by atoms with Crippen LogP contribution in [-0.4, -0.2) is 29.6 Å². The number of hydrogen-bond acceptors (Lipinski definition) is 5. The number of anilines is 3. The van der Waals surface area contributed by atoms with Gasteiger partial charge in [-0.05, 0) is 48.6 Å². The number of benzene rings is 3. The average Bonchev–Trinajstić information content (AvgIpc) is 2.75. The minimum atomic E-state index is -0.971. The van der Waals surface area contributed by atoms with Gasteiger partial charge in [0.1, 0.15) is 6.42 Å². The molecule has 0 fully saturated rings. The number of carboxylic acids is 1. The van der Waals surface area contributed by atoms with Crippen LogP contribution in [0.1, 0.15) is 36.2 Å². The summed E-state index contributed by atoms with van der Waals surface area (Å²) in [6.45, 7) is 3.78. The van der Waals surface area contributed by atoms with Crippen molar-refractivity contribution in [3.05, 3.63) is 65.7 Å². The predicted octanol–water partition coefficient (Wildman–Crippen LogP) is 4.74. The molecule has 0 radical (unpaired) electrons. The number of carboxylic acid groups (broad SMARTS) is 1. The summed E-state index contributed by atoms with van der Waals surface area (Å²) in [6.07, 6.45) is 0.182. The molecule has 0 aliphatic carbocycles. The number of amides is 1. The molecule has 0 unspecified atom stereocenters. The van der Waals surface area contributed by atoms with Gasteiger partial charge in [-0.1, -0.05) is 37.3 Å². The molecule has 3 aromatic carbocycles. The fraction of sp³-hybridized carbons (Fsp3) is 0.208. The first-order chi connectivity index (χ1) is 14.9. The summed E-state index contributed by atoms with van der Waals surface area (Å²) in [6, 6.07) is 16.3. The Morgan fingerprint density at radius 2 is 1.77 bits per heavy atom. The molecular formula is C24H24N2O5. The highest BCUT2D eigenvalue weighted by atomic mass is 16.5. The van der Waals surface area contributed by atoms with Crippen molar-refractivity contribution in [2.24, 2.45) is 0 Å². The number of esters is 1. The molecule has 0 aliphatic heterocycles. The Morgan fingerprint density at radius 1 is 1.00 bits per heavy atom. The van der Waals surface area contributed by atoms with Crippen LogP contribution < -0.4 is 10.6 Å². The van der Waals surface area contributed by atoms with E-state index in [4.69, 9.17) is 4.74 Å². The molecule has 3 rings (SSSR count). The topological polar surface area (TPSA) is 105 Å². The van der Waals surface area contributed by atoms with E-state index >= 15 is 0 Å². The number of rotatable bonds is 8. The molecule has 3 N–H and O–H groups in total. The molecule has 3 aromatic rings. The average molecular weight is 420 g/mol. The van der Waals surface area contributed by atoms with E-state index in [2.05, 4.69) is 10.6 Å². The van der Waals surface area contributed by atoms with Gasteiger partial charge in [0.15, 0.2) is 0 Å². The molecule has 0 spiro atoms. The zero-order valence-electron chi connectivity index (χ0n) is 17.4. The lowest BCUT2D eigenvalue weighted by Gasteiger charge is -2.17. The van der Waals surface area contributed by atoms with Gasteiger partial charge in [0.25, 0.3) is 0 Å². The Balaban J connectivity index is 1.97. The molecule has 0 bridgehead atoms. The fourth-order valence-electron chi connectivity index (χ4n) is 3.37. The van der Waals surface area contributed by atoms with Crippen LogP contribution >= 0.6 is 0 Å². The van der Waals surface area contributed by atoms with E-state index in [0.29, 0.717) is 29.0 Å². The number of aromatic carboxylic acids is 1. The van der Waals surface area contributed by atoms with E-state index < -0.39 is 17.8 Å². The smallest absolute Gasteiger partial charge is 0.335 e. The maximum Gasteiger partial charge on any atom is 0.335 e. The minimum Gasteiger partial charge on any atom is -0.478 e. The second-order valence-electron chi connectivity index (χ2n) is 6.89. The minimum absolute atomic E-state index is 0.208. The van der Waals surface area contributed by atoms with Crippen molar-refractivity contribution in [2.45, 2.75) is 26.7 Å². The van der Waals surface area contributed by atoms with Gasteiger partial charge in [-0.2, -0.15) is 0 Å². The number of hydrogen-bond donors (Lipinski definition) is 3. The maximum atomic E-state index is 12.5. The number of aryl methyl sites for hydroxylation is 1. The number of carbonyl (C=O) groups is 3. The SMILES string of the molecule is CCOC(=O)CC(=O)Nc1c(Nc2ccc(C(=O)O)c(CC)c2)ccc2ccccc12. The lowest BCUT2D eigenvalue weighted by atomic mass is 10.0. The van der Waals surface area contributed by atoms with Crippen molar-refractivity contribution in [1.82, 2.24) is 0 Å².